The van der Waals surface area contributed by atoms with Gasteiger partial charge in [-0.25, -0.2) is 13.6 Å². The molecule has 0 spiro atoms. The van der Waals surface area contributed by atoms with Gasteiger partial charge in [0.1, 0.15) is 23.2 Å². The third-order valence-corrected chi connectivity index (χ3v) is 3.53. The van der Waals surface area contributed by atoms with Crippen molar-refractivity contribution < 1.29 is 17.9 Å². The lowest BCUT2D eigenvalue weighted by atomic mass is 9.84. The second-order valence-electron chi connectivity index (χ2n) is 5.02. The van der Waals surface area contributed by atoms with Gasteiger partial charge in [0.25, 0.3) is 0 Å². The molecular weight excluding hydrogens is 306 g/mol. The van der Waals surface area contributed by atoms with E-state index in [1.165, 1.54) is 12.1 Å². The molecule has 1 aliphatic heterocycles. The molecule has 2 heterocycles. The molecule has 2 N–H and O–H groups in total. The topological polar surface area (TPSA) is 89.2 Å². The molecule has 0 fully saturated rings. The number of fused-ring (bicyclic) bond motifs is 1. The number of nitriles is 1. The first kappa shape index (κ1) is 14.8. The fraction of sp³-hybridized carbons (Fsp3) is 0.125. The minimum absolute atomic E-state index is 0.0207. The third kappa shape index (κ3) is 2.34. The van der Waals surface area contributed by atoms with Crippen LogP contribution in [0.25, 0.3) is 0 Å². The van der Waals surface area contributed by atoms with Crippen LogP contribution in [0.2, 0.25) is 0 Å². The van der Waals surface area contributed by atoms with Gasteiger partial charge in [-0.1, -0.05) is 6.07 Å². The maximum absolute atomic E-state index is 13.6. The molecule has 0 bridgehead atoms. The SMILES string of the molecule is Cc1cc2c(c(=O)o1)C(c1ccc(F)c(F)c1)C(C#N)=C(N)O2. The van der Waals surface area contributed by atoms with Crippen molar-refractivity contribution in [2.24, 2.45) is 5.73 Å². The Morgan fingerprint density at radius 3 is 2.65 bits per heavy atom. The van der Waals surface area contributed by atoms with Crippen molar-refractivity contribution in [2.75, 3.05) is 0 Å². The van der Waals surface area contributed by atoms with Crippen molar-refractivity contribution in [1.29, 1.82) is 5.26 Å². The molecule has 3 rings (SSSR count). The van der Waals surface area contributed by atoms with E-state index in [0.717, 1.165) is 12.1 Å². The predicted molar refractivity (Wildman–Crippen MR) is 75.4 cm³/mol. The summed E-state index contributed by atoms with van der Waals surface area (Å²) in [6.07, 6.45) is 0. The van der Waals surface area contributed by atoms with Gasteiger partial charge >= 0.3 is 5.63 Å². The third-order valence-electron chi connectivity index (χ3n) is 3.53. The van der Waals surface area contributed by atoms with E-state index in [0.29, 0.717) is 5.76 Å². The summed E-state index contributed by atoms with van der Waals surface area (Å²) in [5.41, 5.74) is 5.16. The van der Waals surface area contributed by atoms with E-state index in [1.54, 1.807) is 6.92 Å². The molecule has 5 nitrogen and oxygen atoms in total. The van der Waals surface area contributed by atoms with Gasteiger partial charge in [0, 0.05) is 6.07 Å². The highest BCUT2D eigenvalue weighted by molar-refractivity contribution is 5.54. The fourth-order valence-corrected chi connectivity index (χ4v) is 2.54. The van der Waals surface area contributed by atoms with Crippen molar-refractivity contribution in [3.63, 3.8) is 0 Å². The number of benzene rings is 1. The molecule has 0 saturated carbocycles. The number of hydrogen-bond donors (Lipinski definition) is 1. The summed E-state index contributed by atoms with van der Waals surface area (Å²) in [6.45, 7) is 1.55. The Morgan fingerprint density at radius 1 is 1.26 bits per heavy atom. The van der Waals surface area contributed by atoms with Crippen LogP contribution in [0.5, 0.6) is 5.75 Å². The molecule has 1 atom stereocenters. The molecule has 7 heteroatoms. The average molecular weight is 316 g/mol. The highest BCUT2D eigenvalue weighted by atomic mass is 19.2. The van der Waals surface area contributed by atoms with E-state index in [1.807, 2.05) is 6.07 Å². The lowest BCUT2D eigenvalue weighted by molar-refractivity contribution is 0.371. The van der Waals surface area contributed by atoms with Crippen LogP contribution >= 0.6 is 0 Å². The molecule has 0 saturated heterocycles. The number of nitrogens with zero attached hydrogens (tertiary/aromatic N) is 1. The minimum atomic E-state index is -1.09. The second-order valence-corrected chi connectivity index (χ2v) is 5.02. The van der Waals surface area contributed by atoms with Crippen LogP contribution in [0, 0.1) is 29.9 Å². The maximum atomic E-state index is 13.6. The normalized spacial score (nSPS) is 16.5. The van der Waals surface area contributed by atoms with Gasteiger partial charge in [0.05, 0.1) is 11.5 Å². The molecule has 0 aliphatic carbocycles. The largest absolute Gasteiger partial charge is 0.440 e. The Bertz CT molecular complexity index is 941. The fourth-order valence-electron chi connectivity index (χ4n) is 2.54. The van der Waals surface area contributed by atoms with Crippen LogP contribution in [0.1, 0.15) is 22.8 Å². The predicted octanol–water partition coefficient (Wildman–Crippen LogP) is 2.44. The van der Waals surface area contributed by atoms with E-state index in [4.69, 9.17) is 14.9 Å². The monoisotopic (exact) mass is 316 g/mol. The Labute approximate surface area is 129 Å². The Hall–Kier alpha value is -3.14. The summed E-state index contributed by atoms with van der Waals surface area (Å²) in [5.74, 6) is -2.89. The van der Waals surface area contributed by atoms with Crippen LogP contribution in [0.3, 0.4) is 0 Å². The zero-order valence-electron chi connectivity index (χ0n) is 11.9. The summed E-state index contributed by atoms with van der Waals surface area (Å²) in [5, 5.41) is 9.32. The standard InChI is InChI=1S/C16H10F2N2O3/c1-7-4-12-14(16(21)22-7)13(9(6-19)15(20)23-12)8-2-3-10(17)11(18)5-8/h2-5,13H,20H2,1H3. The minimum Gasteiger partial charge on any atom is -0.440 e. The molecule has 1 aromatic carbocycles. The van der Waals surface area contributed by atoms with Gasteiger partial charge in [-0.2, -0.15) is 5.26 Å². The van der Waals surface area contributed by atoms with Crippen LogP contribution < -0.4 is 16.1 Å². The first-order chi connectivity index (χ1) is 10.9. The van der Waals surface area contributed by atoms with Crippen molar-refractivity contribution in [3.8, 4) is 11.8 Å². The Kier molecular flexibility index (Phi) is 3.37. The average Bonchev–Trinajstić information content (AvgIpc) is 2.48. The summed E-state index contributed by atoms with van der Waals surface area (Å²) < 4.78 is 37.1. The number of hydrogen-bond acceptors (Lipinski definition) is 5. The number of allylic oxidation sites excluding steroid dienone is 1. The molecule has 0 amide bonds. The number of rotatable bonds is 1. The Morgan fingerprint density at radius 2 is 2.00 bits per heavy atom. The van der Waals surface area contributed by atoms with E-state index in [2.05, 4.69) is 0 Å². The summed E-state index contributed by atoms with van der Waals surface area (Å²) >= 11 is 0. The van der Waals surface area contributed by atoms with Gasteiger partial charge in [-0.05, 0) is 24.6 Å². The van der Waals surface area contributed by atoms with Gasteiger partial charge in [-0.3, -0.25) is 0 Å². The highest BCUT2D eigenvalue weighted by Gasteiger charge is 2.34. The van der Waals surface area contributed by atoms with Crippen LogP contribution in [-0.2, 0) is 0 Å². The van der Waals surface area contributed by atoms with E-state index >= 15 is 0 Å². The molecule has 23 heavy (non-hydrogen) atoms. The van der Waals surface area contributed by atoms with Gasteiger partial charge in [-0.15, -0.1) is 0 Å². The first-order valence-corrected chi connectivity index (χ1v) is 6.59. The van der Waals surface area contributed by atoms with Crippen molar-refractivity contribution >= 4 is 0 Å². The number of ether oxygens (including phenoxy) is 1. The van der Waals surface area contributed by atoms with E-state index in [-0.39, 0.29) is 28.3 Å². The smallest absolute Gasteiger partial charge is 0.343 e. The van der Waals surface area contributed by atoms with Crippen molar-refractivity contribution in [3.05, 3.63) is 74.7 Å². The van der Waals surface area contributed by atoms with Crippen molar-refractivity contribution in [2.45, 2.75) is 12.8 Å². The molecule has 0 radical (unpaired) electrons. The summed E-state index contributed by atoms with van der Waals surface area (Å²) in [4.78, 5) is 12.2. The molecule has 1 aliphatic rings. The van der Waals surface area contributed by atoms with Crippen LogP contribution in [-0.4, -0.2) is 0 Å². The molecule has 1 aromatic heterocycles. The summed E-state index contributed by atoms with van der Waals surface area (Å²) in [6, 6.07) is 6.41. The highest BCUT2D eigenvalue weighted by Crippen LogP contribution is 2.40. The molecule has 1 unspecified atom stereocenters. The number of halogens is 2. The zero-order chi connectivity index (χ0) is 16.7. The molecule has 116 valence electrons. The molecule has 2 aromatic rings. The lowest BCUT2D eigenvalue weighted by Crippen LogP contribution is -2.26. The summed E-state index contributed by atoms with van der Waals surface area (Å²) in [7, 11) is 0. The van der Waals surface area contributed by atoms with E-state index < -0.39 is 23.2 Å². The second kappa shape index (κ2) is 5.25. The van der Waals surface area contributed by atoms with Gasteiger partial charge < -0.3 is 14.9 Å². The van der Waals surface area contributed by atoms with E-state index in [9.17, 15) is 18.8 Å². The van der Waals surface area contributed by atoms with Gasteiger partial charge in [0.2, 0.25) is 5.88 Å². The number of nitrogens with two attached hydrogens (primary N) is 1. The van der Waals surface area contributed by atoms with Crippen LogP contribution in [0.15, 0.2) is 44.9 Å². The Balaban J connectivity index is 2.31. The quantitative estimate of drug-likeness (QED) is 0.873. The lowest BCUT2D eigenvalue weighted by Gasteiger charge is -2.25. The first-order valence-electron chi connectivity index (χ1n) is 6.59. The van der Waals surface area contributed by atoms with Crippen LogP contribution in [0.4, 0.5) is 8.78 Å². The van der Waals surface area contributed by atoms with Gasteiger partial charge in [0.15, 0.2) is 11.6 Å². The van der Waals surface area contributed by atoms with Crippen molar-refractivity contribution in [1.82, 2.24) is 0 Å². The number of aryl methyl sites for hydroxylation is 1. The molecular formula is C16H10F2N2O3. The maximum Gasteiger partial charge on any atom is 0.343 e. The zero-order valence-corrected chi connectivity index (χ0v) is 11.9.